The smallest absolute Gasteiger partial charge is 0.397 e. The zero-order chi connectivity index (χ0) is 29.8. The molecule has 6 atom stereocenters. The average molecular weight is 601 g/mol. The van der Waals surface area contributed by atoms with Gasteiger partial charge in [0, 0.05) is 23.3 Å². The molecule has 13 nitrogen and oxygen atoms in total. The average Bonchev–Trinajstić information content (AvgIpc) is 2.94. The lowest BCUT2D eigenvalue weighted by Crippen LogP contribution is -2.60. The molecular formula is C28H24O13S. The first-order valence-electron chi connectivity index (χ1n) is 12.6. The first-order valence-corrected chi connectivity index (χ1v) is 14.0. The standard InChI is InChI=1S/C28H24O13S/c29-15-8-6-13(7-9-15)18-10-16(30)21-19(38-18)11-17(31)22(23(21)32)26-27(41-42(34,35)36)24(33)25-20(39-26)12-37-28(40-25)14-4-2-1-3-5-14/h1-11,20,24-29,31-33H,12H2,(H,34,35,36)/t20-,24+,25-,26+,27-,28?/m1/s1. The van der Waals surface area contributed by atoms with E-state index in [0.29, 0.717) is 11.1 Å². The van der Waals surface area contributed by atoms with Crippen LogP contribution in [0.15, 0.2) is 75.9 Å². The summed E-state index contributed by atoms with van der Waals surface area (Å²) in [6.07, 6.45) is -8.65. The maximum Gasteiger partial charge on any atom is 0.397 e. The van der Waals surface area contributed by atoms with E-state index in [9.17, 15) is 38.2 Å². The molecular weight excluding hydrogens is 576 g/mol. The first-order chi connectivity index (χ1) is 20.0. The van der Waals surface area contributed by atoms with Gasteiger partial charge in [-0.15, -0.1) is 0 Å². The summed E-state index contributed by atoms with van der Waals surface area (Å²) in [4.78, 5) is 13.1. The molecule has 220 valence electrons. The minimum absolute atomic E-state index is 0.00950. The van der Waals surface area contributed by atoms with E-state index in [-0.39, 0.29) is 29.1 Å². The van der Waals surface area contributed by atoms with Gasteiger partial charge in [-0.1, -0.05) is 30.3 Å². The lowest BCUT2D eigenvalue weighted by atomic mass is 9.89. The summed E-state index contributed by atoms with van der Waals surface area (Å²) in [5.74, 6) is -1.45. The molecule has 2 fully saturated rings. The van der Waals surface area contributed by atoms with Crippen LogP contribution in [-0.2, 0) is 28.8 Å². The third-order valence-corrected chi connectivity index (χ3v) is 7.57. The van der Waals surface area contributed by atoms with Gasteiger partial charge in [-0.3, -0.25) is 9.35 Å². The Morgan fingerprint density at radius 3 is 2.33 bits per heavy atom. The highest BCUT2D eigenvalue weighted by Crippen LogP contribution is 2.47. The van der Waals surface area contributed by atoms with Gasteiger partial charge in [0.15, 0.2) is 11.7 Å². The molecule has 0 radical (unpaired) electrons. The van der Waals surface area contributed by atoms with Crippen LogP contribution in [0.1, 0.15) is 23.5 Å². The van der Waals surface area contributed by atoms with Gasteiger partial charge in [-0.2, -0.15) is 8.42 Å². The molecule has 3 heterocycles. The largest absolute Gasteiger partial charge is 0.508 e. The van der Waals surface area contributed by atoms with Crippen molar-refractivity contribution in [2.45, 2.75) is 36.8 Å². The highest BCUT2D eigenvalue weighted by Gasteiger charge is 2.53. The summed E-state index contributed by atoms with van der Waals surface area (Å²) in [5, 5.41) is 42.6. The number of fused-ring (bicyclic) bond motifs is 2. The molecule has 3 aromatic carbocycles. The number of benzene rings is 3. The van der Waals surface area contributed by atoms with Crippen molar-refractivity contribution in [2.24, 2.45) is 0 Å². The second-order valence-corrected chi connectivity index (χ2v) is 10.9. The van der Waals surface area contributed by atoms with Crippen LogP contribution in [0.2, 0.25) is 0 Å². The van der Waals surface area contributed by atoms with Crippen molar-refractivity contribution in [3.63, 3.8) is 0 Å². The molecule has 0 bridgehead atoms. The number of rotatable bonds is 5. The summed E-state index contributed by atoms with van der Waals surface area (Å²) >= 11 is 0. The van der Waals surface area contributed by atoms with Gasteiger partial charge in [-0.05, 0) is 24.3 Å². The molecule has 6 rings (SSSR count). The van der Waals surface area contributed by atoms with Crippen LogP contribution in [0.3, 0.4) is 0 Å². The van der Waals surface area contributed by atoms with Crippen molar-refractivity contribution in [3.8, 4) is 28.6 Å². The predicted molar refractivity (Wildman–Crippen MR) is 143 cm³/mol. The fourth-order valence-electron chi connectivity index (χ4n) is 5.21. The van der Waals surface area contributed by atoms with Gasteiger partial charge in [0.1, 0.15) is 64.5 Å². The number of aliphatic hydroxyl groups is 1. The Balaban J connectivity index is 1.41. The molecule has 2 saturated heterocycles. The van der Waals surface area contributed by atoms with Gasteiger partial charge in [0.25, 0.3) is 0 Å². The van der Waals surface area contributed by atoms with Gasteiger partial charge >= 0.3 is 10.4 Å². The van der Waals surface area contributed by atoms with Crippen LogP contribution in [0.4, 0.5) is 0 Å². The second kappa shape index (κ2) is 10.7. The predicted octanol–water partition coefficient (Wildman–Crippen LogP) is 2.68. The number of phenolic OH excluding ortho intramolecular Hbond substituents is 3. The summed E-state index contributed by atoms with van der Waals surface area (Å²) in [7, 11) is -5.20. The molecule has 0 spiro atoms. The quantitative estimate of drug-likeness (QED) is 0.209. The highest BCUT2D eigenvalue weighted by atomic mass is 32.3. The molecule has 14 heteroatoms. The van der Waals surface area contributed by atoms with E-state index in [1.807, 2.05) is 0 Å². The molecule has 0 aliphatic carbocycles. The van der Waals surface area contributed by atoms with Crippen molar-refractivity contribution in [1.82, 2.24) is 0 Å². The Labute approximate surface area is 237 Å². The van der Waals surface area contributed by atoms with Gasteiger partial charge in [0.2, 0.25) is 0 Å². The topological polar surface area (TPSA) is 202 Å². The van der Waals surface area contributed by atoms with E-state index in [1.54, 1.807) is 30.3 Å². The number of hydrogen-bond acceptors (Lipinski definition) is 12. The summed E-state index contributed by atoms with van der Waals surface area (Å²) in [6.45, 7) is -0.149. The zero-order valence-corrected chi connectivity index (χ0v) is 22.2. The Kier molecular flexibility index (Phi) is 7.14. The van der Waals surface area contributed by atoms with Crippen LogP contribution in [-0.4, -0.2) is 64.4 Å². The molecule has 0 saturated carbocycles. The third kappa shape index (κ3) is 5.20. The maximum atomic E-state index is 13.1. The zero-order valence-electron chi connectivity index (χ0n) is 21.4. The maximum absolute atomic E-state index is 13.1. The van der Waals surface area contributed by atoms with E-state index < -0.39 is 69.7 Å². The van der Waals surface area contributed by atoms with E-state index in [1.165, 1.54) is 24.3 Å². The highest BCUT2D eigenvalue weighted by molar-refractivity contribution is 7.80. The molecule has 5 N–H and O–H groups in total. The first kappa shape index (κ1) is 28.1. The van der Waals surface area contributed by atoms with Crippen molar-refractivity contribution in [2.75, 3.05) is 6.61 Å². The minimum Gasteiger partial charge on any atom is -0.508 e. The minimum atomic E-state index is -5.20. The van der Waals surface area contributed by atoms with Crippen LogP contribution < -0.4 is 5.43 Å². The lowest BCUT2D eigenvalue weighted by Gasteiger charge is -2.47. The Hall–Kier alpha value is -4.02. The fourth-order valence-corrected chi connectivity index (χ4v) is 5.71. The van der Waals surface area contributed by atoms with Crippen LogP contribution >= 0.6 is 0 Å². The van der Waals surface area contributed by atoms with Crippen molar-refractivity contribution in [1.29, 1.82) is 0 Å². The Morgan fingerprint density at radius 2 is 1.64 bits per heavy atom. The SMILES string of the molecule is O=c1cc(-c2ccc(O)cc2)oc2cc(O)c([C@@H]3O[C@@H]4COC(c5ccccc5)O[C@H]4[C@H](O)[C@H]3OS(=O)(=O)O)c(O)c12. The van der Waals surface area contributed by atoms with Crippen LogP contribution in [0, 0.1) is 0 Å². The van der Waals surface area contributed by atoms with E-state index >= 15 is 0 Å². The van der Waals surface area contributed by atoms with Crippen LogP contribution in [0.5, 0.6) is 17.2 Å². The van der Waals surface area contributed by atoms with E-state index in [0.717, 1.165) is 12.1 Å². The summed E-state index contributed by atoms with van der Waals surface area (Å²) < 4.78 is 61.2. The molecule has 4 aromatic rings. The monoisotopic (exact) mass is 600 g/mol. The third-order valence-electron chi connectivity index (χ3n) is 7.10. The van der Waals surface area contributed by atoms with Gasteiger partial charge < -0.3 is 39.1 Å². The molecule has 1 aromatic heterocycles. The second-order valence-electron chi connectivity index (χ2n) is 9.80. The number of hydrogen-bond donors (Lipinski definition) is 5. The summed E-state index contributed by atoms with van der Waals surface area (Å²) in [5.41, 5.74) is -0.410. The number of aromatic hydroxyl groups is 3. The van der Waals surface area contributed by atoms with Gasteiger partial charge in [-0.25, -0.2) is 4.18 Å². The van der Waals surface area contributed by atoms with E-state index in [2.05, 4.69) is 0 Å². The van der Waals surface area contributed by atoms with Crippen molar-refractivity contribution in [3.05, 3.63) is 88.1 Å². The van der Waals surface area contributed by atoms with Crippen LogP contribution in [0.25, 0.3) is 22.3 Å². The van der Waals surface area contributed by atoms with Gasteiger partial charge in [0.05, 0.1) is 12.2 Å². The number of phenols is 3. The summed E-state index contributed by atoms with van der Waals surface area (Å²) in [6, 6.07) is 16.6. The van der Waals surface area contributed by atoms with Crippen molar-refractivity contribution >= 4 is 21.4 Å². The lowest BCUT2D eigenvalue weighted by molar-refractivity contribution is -0.327. The Bertz CT molecular complexity index is 1790. The molecule has 2 aliphatic rings. The van der Waals surface area contributed by atoms with Crippen molar-refractivity contribution < 1.29 is 56.2 Å². The molecule has 1 unspecified atom stereocenters. The molecule has 42 heavy (non-hydrogen) atoms. The Morgan fingerprint density at radius 1 is 0.929 bits per heavy atom. The molecule has 0 amide bonds. The normalized spacial score (nSPS) is 26.1. The number of aliphatic hydroxyl groups excluding tert-OH is 1. The molecule has 2 aliphatic heterocycles. The fraction of sp³-hybridized carbons (Fsp3) is 0.250. The van der Waals surface area contributed by atoms with E-state index in [4.69, 9.17) is 22.8 Å². The number of ether oxygens (including phenoxy) is 3.